The first kappa shape index (κ1) is 21.8. The Bertz CT molecular complexity index is 1220. The highest BCUT2D eigenvalue weighted by molar-refractivity contribution is 6.36. The molecule has 4 rings (SSSR count). The number of hydrogen-bond acceptors (Lipinski definition) is 6. The summed E-state index contributed by atoms with van der Waals surface area (Å²) >= 11 is 0. The predicted octanol–water partition coefficient (Wildman–Crippen LogP) is 3.44. The number of hydrogen-bond donors (Lipinski definition) is 2. The number of benzene rings is 2. The zero-order chi connectivity index (χ0) is 23.4. The van der Waals surface area contributed by atoms with Crippen LogP contribution in [0.25, 0.3) is 5.57 Å². The van der Waals surface area contributed by atoms with Gasteiger partial charge in [-0.25, -0.2) is 0 Å². The van der Waals surface area contributed by atoms with Crippen LogP contribution in [0.5, 0.6) is 5.75 Å². The Morgan fingerprint density at radius 1 is 0.939 bits per heavy atom. The summed E-state index contributed by atoms with van der Waals surface area (Å²) in [4.78, 5) is 43.3. The van der Waals surface area contributed by atoms with E-state index in [1.54, 1.807) is 80.0 Å². The van der Waals surface area contributed by atoms with E-state index in [9.17, 15) is 14.4 Å². The molecule has 3 aromatic rings. The lowest BCUT2D eigenvalue weighted by Gasteiger charge is -2.15. The summed E-state index contributed by atoms with van der Waals surface area (Å²) in [5.74, 6) is -0.387. The average Bonchev–Trinajstić information content (AvgIpc) is 3.05. The van der Waals surface area contributed by atoms with Crippen LogP contribution in [0.4, 0.5) is 11.4 Å². The molecule has 0 spiro atoms. The van der Waals surface area contributed by atoms with E-state index in [1.165, 1.54) is 11.8 Å². The molecule has 8 nitrogen and oxygen atoms in total. The number of imide groups is 1. The number of methoxy groups -OCH3 is 1. The molecule has 0 radical (unpaired) electrons. The second kappa shape index (κ2) is 9.35. The third-order valence-corrected chi connectivity index (χ3v) is 5.07. The van der Waals surface area contributed by atoms with Crippen molar-refractivity contribution in [3.05, 3.63) is 89.9 Å². The SMILES string of the molecule is COc1ccc(C2=C(Nc3ccc(NC(C)=O)cc3)C(=O)N(Cc3ccccn3)C2=O)cc1. The van der Waals surface area contributed by atoms with Crippen LogP contribution in [0.1, 0.15) is 18.2 Å². The van der Waals surface area contributed by atoms with Gasteiger partial charge in [0, 0.05) is 24.5 Å². The fraction of sp³-hybridized carbons (Fsp3) is 0.120. The molecule has 2 heterocycles. The van der Waals surface area contributed by atoms with Crippen molar-refractivity contribution >= 4 is 34.7 Å². The zero-order valence-electron chi connectivity index (χ0n) is 18.2. The number of rotatable bonds is 7. The normalized spacial score (nSPS) is 13.3. The number of aromatic nitrogens is 1. The van der Waals surface area contributed by atoms with E-state index in [0.717, 1.165) is 0 Å². The van der Waals surface area contributed by atoms with E-state index in [1.807, 2.05) is 0 Å². The molecule has 2 N–H and O–H groups in total. The Morgan fingerprint density at radius 3 is 2.24 bits per heavy atom. The number of pyridine rings is 1. The Morgan fingerprint density at radius 2 is 1.64 bits per heavy atom. The highest BCUT2D eigenvalue weighted by Crippen LogP contribution is 2.32. The molecule has 0 saturated heterocycles. The first-order valence-corrected chi connectivity index (χ1v) is 10.3. The summed E-state index contributed by atoms with van der Waals surface area (Å²) < 4.78 is 5.21. The Labute approximate surface area is 190 Å². The molecule has 8 heteroatoms. The summed E-state index contributed by atoms with van der Waals surface area (Å²) in [5, 5.41) is 5.79. The van der Waals surface area contributed by atoms with E-state index in [0.29, 0.717) is 28.4 Å². The highest BCUT2D eigenvalue weighted by Gasteiger charge is 2.39. The second-order valence-corrected chi connectivity index (χ2v) is 7.38. The van der Waals surface area contributed by atoms with E-state index in [4.69, 9.17) is 4.74 Å². The van der Waals surface area contributed by atoms with Gasteiger partial charge in [0.2, 0.25) is 5.91 Å². The van der Waals surface area contributed by atoms with Crippen molar-refractivity contribution in [3.8, 4) is 5.75 Å². The topological polar surface area (TPSA) is 101 Å². The van der Waals surface area contributed by atoms with Gasteiger partial charge in [-0.1, -0.05) is 18.2 Å². The first-order valence-electron chi connectivity index (χ1n) is 10.3. The van der Waals surface area contributed by atoms with E-state index < -0.39 is 11.8 Å². The van der Waals surface area contributed by atoms with Crippen LogP contribution in [0.3, 0.4) is 0 Å². The molecule has 0 unspecified atom stereocenters. The lowest BCUT2D eigenvalue weighted by atomic mass is 10.0. The number of carbonyl (C=O) groups excluding carboxylic acids is 3. The number of amides is 3. The van der Waals surface area contributed by atoms with E-state index in [-0.39, 0.29) is 23.7 Å². The second-order valence-electron chi connectivity index (χ2n) is 7.38. The molecule has 1 aliphatic heterocycles. The molecule has 0 aliphatic carbocycles. The molecule has 1 aromatic heterocycles. The maximum Gasteiger partial charge on any atom is 0.278 e. The minimum absolute atomic E-state index is 0.0603. The van der Waals surface area contributed by atoms with E-state index in [2.05, 4.69) is 15.6 Å². The van der Waals surface area contributed by atoms with Gasteiger partial charge < -0.3 is 15.4 Å². The standard InChI is InChI=1S/C25H22N4O4/c1-16(30)27-18-8-10-19(11-9-18)28-23-22(17-6-12-21(33-2)13-7-17)24(31)29(25(23)32)15-20-5-3-4-14-26-20/h3-14,28H,15H2,1-2H3,(H,27,30). The lowest BCUT2D eigenvalue weighted by molar-refractivity contribution is -0.137. The highest BCUT2D eigenvalue weighted by atomic mass is 16.5. The molecule has 1 aliphatic rings. The van der Waals surface area contributed by atoms with Crippen molar-refractivity contribution < 1.29 is 19.1 Å². The smallest absolute Gasteiger partial charge is 0.278 e. The summed E-state index contributed by atoms with van der Waals surface area (Å²) in [7, 11) is 1.56. The molecule has 33 heavy (non-hydrogen) atoms. The van der Waals surface area contributed by atoms with Gasteiger partial charge in [-0.05, 0) is 54.1 Å². The van der Waals surface area contributed by atoms with Gasteiger partial charge in [0.1, 0.15) is 11.4 Å². The quantitative estimate of drug-likeness (QED) is 0.544. The third kappa shape index (κ3) is 4.74. The Kier molecular flexibility index (Phi) is 6.17. The average molecular weight is 442 g/mol. The minimum Gasteiger partial charge on any atom is -0.497 e. The van der Waals surface area contributed by atoms with Gasteiger partial charge in [-0.3, -0.25) is 24.3 Å². The number of nitrogens with zero attached hydrogens (tertiary/aromatic N) is 2. The monoisotopic (exact) mass is 442 g/mol. The van der Waals surface area contributed by atoms with Crippen molar-refractivity contribution in [3.63, 3.8) is 0 Å². The van der Waals surface area contributed by atoms with E-state index >= 15 is 0 Å². The Balaban J connectivity index is 1.69. The van der Waals surface area contributed by atoms with Crippen LogP contribution < -0.4 is 15.4 Å². The summed E-state index contributed by atoms with van der Waals surface area (Å²) in [5.41, 5.74) is 2.87. The molecule has 0 fully saturated rings. The van der Waals surface area contributed by atoms with Gasteiger partial charge in [0.15, 0.2) is 0 Å². The van der Waals surface area contributed by atoms with Crippen molar-refractivity contribution in [2.24, 2.45) is 0 Å². The van der Waals surface area contributed by atoms with Gasteiger partial charge in [-0.2, -0.15) is 0 Å². The molecule has 3 amide bonds. The van der Waals surface area contributed by atoms with Crippen molar-refractivity contribution in [2.75, 3.05) is 17.7 Å². The fourth-order valence-electron chi connectivity index (χ4n) is 3.50. The zero-order valence-corrected chi connectivity index (χ0v) is 18.2. The number of nitrogens with one attached hydrogen (secondary N) is 2. The summed E-state index contributed by atoms with van der Waals surface area (Å²) in [6, 6.07) is 19.2. The fourth-order valence-corrected chi connectivity index (χ4v) is 3.50. The minimum atomic E-state index is -0.442. The first-order chi connectivity index (χ1) is 16.0. The molecule has 0 bridgehead atoms. The number of carbonyl (C=O) groups is 3. The van der Waals surface area contributed by atoms with Gasteiger partial charge in [-0.15, -0.1) is 0 Å². The van der Waals surface area contributed by atoms with Gasteiger partial charge >= 0.3 is 0 Å². The predicted molar refractivity (Wildman–Crippen MR) is 124 cm³/mol. The van der Waals surface area contributed by atoms with Crippen LogP contribution in [0.15, 0.2) is 78.6 Å². The summed E-state index contributed by atoms with van der Waals surface area (Å²) in [6.45, 7) is 1.49. The molecular weight excluding hydrogens is 420 g/mol. The molecule has 2 aromatic carbocycles. The molecular formula is C25H22N4O4. The van der Waals surface area contributed by atoms with Crippen molar-refractivity contribution in [2.45, 2.75) is 13.5 Å². The third-order valence-electron chi connectivity index (χ3n) is 5.07. The summed E-state index contributed by atoms with van der Waals surface area (Å²) in [6.07, 6.45) is 1.62. The van der Waals surface area contributed by atoms with Crippen molar-refractivity contribution in [1.29, 1.82) is 0 Å². The Hall–Kier alpha value is -4.46. The van der Waals surface area contributed by atoms with Crippen LogP contribution in [-0.4, -0.2) is 34.7 Å². The number of ether oxygens (including phenoxy) is 1. The van der Waals surface area contributed by atoms with Crippen LogP contribution in [-0.2, 0) is 20.9 Å². The van der Waals surface area contributed by atoms with Crippen molar-refractivity contribution in [1.82, 2.24) is 9.88 Å². The van der Waals surface area contributed by atoms with Crippen LogP contribution >= 0.6 is 0 Å². The lowest BCUT2D eigenvalue weighted by Crippen LogP contribution is -2.32. The maximum absolute atomic E-state index is 13.4. The number of anilines is 2. The molecule has 0 saturated carbocycles. The van der Waals surface area contributed by atoms with Crippen LogP contribution in [0, 0.1) is 0 Å². The maximum atomic E-state index is 13.4. The van der Waals surface area contributed by atoms with Crippen LogP contribution in [0.2, 0.25) is 0 Å². The molecule has 0 atom stereocenters. The molecule has 166 valence electrons. The van der Waals surface area contributed by atoms with Gasteiger partial charge in [0.05, 0.1) is 24.9 Å². The van der Waals surface area contributed by atoms with Gasteiger partial charge in [0.25, 0.3) is 11.8 Å². The largest absolute Gasteiger partial charge is 0.497 e.